The first-order chi connectivity index (χ1) is 10.4. The van der Waals surface area contributed by atoms with Gasteiger partial charge in [-0.05, 0) is 67.0 Å². The van der Waals surface area contributed by atoms with E-state index in [0.717, 1.165) is 18.7 Å². The van der Waals surface area contributed by atoms with E-state index in [1.54, 1.807) is 12.7 Å². The molecule has 1 N–H and O–H groups in total. The van der Waals surface area contributed by atoms with Gasteiger partial charge in [-0.15, -0.1) is 0 Å². The topological polar surface area (TPSA) is 21.3 Å². The molecule has 0 heterocycles. The van der Waals surface area contributed by atoms with Crippen LogP contribution in [-0.4, -0.2) is 13.7 Å². The van der Waals surface area contributed by atoms with Gasteiger partial charge in [0.25, 0.3) is 0 Å². The van der Waals surface area contributed by atoms with Crippen molar-refractivity contribution in [1.82, 2.24) is 0 Å². The van der Waals surface area contributed by atoms with E-state index in [0.29, 0.717) is 0 Å². The van der Waals surface area contributed by atoms with Crippen LogP contribution >= 0.6 is 0 Å². The van der Waals surface area contributed by atoms with E-state index in [2.05, 4.69) is 35.6 Å². The summed E-state index contributed by atoms with van der Waals surface area (Å²) in [6.45, 7) is 0.975. The molecule has 21 heavy (non-hydrogen) atoms. The van der Waals surface area contributed by atoms with Gasteiger partial charge < -0.3 is 10.1 Å². The summed E-state index contributed by atoms with van der Waals surface area (Å²) in [6.07, 6.45) is 6.16. The zero-order chi connectivity index (χ0) is 14.5. The van der Waals surface area contributed by atoms with Crippen molar-refractivity contribution in [3.8, 4) is 5.75 Å². The summed E-state index contributed by atoms with van der Waals surface area (Å²) in [6, 6.07) is 15.0. The molecular weight excluding hydrogens is 258 g/mol. The summed E-state index contributed by atoms with van der Waals surface area (Å²) in [7, 11) is 1.70. The molecule has 2 aromatic carbocycles. The Hall–Kier alpha value is -1.96. The molecule has 3 rings (SSSR count). The van der Waals surface area contributed by atoms with Crippen molar-refractivity contribution in [2.24, 2.45) is 0 Å². The van der Waals surface area contributed by atoms with Crippen LogP contribution in [0.5, 0.6) is 5.75 Å². The molecule has 0 atom stereocenters. The third-order valence-electron chi connectivity index (χ3n) is 4.28. The minimum Gasteiger partial charge on any atom is -0.497 e. The van der Waals surface area contributed by atoms with Crippen molar-refractivity contribution < 1.29 is 4.74 Å². The molecular formula is C19H23NO. The lowest BCUT2D eigenvalue weighted by atomic mass is 9.90. The van der Waals surface area contributed by atoms with Gasteiger partial charge in [0.15, 0.2) is 0 Å². The van der Waals surface area contributed by atoms with Gasteiger partial charge in [0.2, 0.25) is 0 Å². The van der Waals surface area contributed by atoms with E-state index in [9.17, 15) is 0 Å². The van der Waals surface area contributed by atoms with E-state index in [4.69, 9.17) is 4.74 Å². The van der Waals surface area contributed by atoms with Gasteiger partial charge >= 0.3 is 0 Å². The van der Waals surface area contributed by atoms with Gasteiger partial charge in [0.1, 0.15) is 5.75 Å². The zero-order valence-corrected chi connectivity index (χ0v) is 12.7. The number of ether oxygens (including phenoxy) is 1. The number of hydrogen-bond acceptors (Lipinski definition) is 2. The van der Waals surface area contributed by atoms with Gasteiger partial charge in [-0.2, -0.15) is 0 Å². The monoisotopic (exact) mass is 281 g/mol. The van der Waals surface area contributed by atoms with Gasteiger partial charge in [0, 0.05) is 12.2 Å². The molecule has 0 bridgehead atoms. The average molecular weight is 281 g/mol. The van der Waals surface area contributed by atoms with Crippen molar-refractivity contribution in [2.45, 2.75) is 32.1 Å². The fourth-order valence-corrected chi connectivity index (χ4v) is 3.08. The second-order valence-corrected chi connectivity index (χ2v) is 5.68. The number of anilines is 1. The highest BCUT2D eigenvalue weighted by Crippen LogP contribution is 2.27. The summed E-state index contributed by atoms with van der Waals surface area (Å²) in [5.41, 5.74) is 5.75. The lowest BCUT2D eigenvalue weighted by Gasteiger charge is -2.20. The van der Waals surface area contributed by atoms with E-state index in [1.807, 2.05) is 12.1 Å². The Bertz CT molecular complexity index is 589. The highest BCUT2D eigenvalue weighted by Gasteiger charge is 2.12. The van der Waals surface area contributed by atoms with Crippen molar-refractivity contribution in [1.29, 1.82) is 0 Å². The van der Waals surface area contributed by atoms with Gasteiger partial charge in [-0.25, -0.2) is 0 Å². The Kier molecular flexibility index (Phi) is 4.44. The number of aryl methyl sites for hydroxylation is 1. The number of benzene rings is 2. The molecule has 0 spiro atoms. The maximum atomic E-state index is 5.19. The van der Waals surface area contributed by atoms with Crippen LogP contribution in [0, 0.1) is 0 Å². The van der Waals surface area contributed by atoms with E-state index in [1.165, 1.54) is 42.5 Å². The van der Waals surface area contributed by atoms with Crippen LogP contribution < -0.4 is 10.1 Å². The van der Waals surface area contributed by atoms with Crippen molar-refractivity contribution in [2.75, 3.05) is 19.0 Å². The molecule has 0 fully saturated rings. The van der Waals surface area contributed by atoms with Crippen LogP contribution in [0.2, 0.25) is 0 Å². The van der Waals surface area contributed by atoms with Gasteiger partial charge in [-0.3, -0.25) is 0 Å². The van der Waals surface area contributed by atoms with Crippen molar-refractivity contribution in [3.05, 3.63) is 59.2 Å². The Morgan fingerprint density at radius 2 is 1.81 bits per heavy atom. The quantitative estimate of drug-likeness (QED) is 0.885. The Morgan fingerprint density at radius 3 is 2.62 bits per heavy atom. The maximum Gasteiger partial charge on any atom is 0.118 e. The fraction of sp³-hybridized carbons (Fsp3) is 0.368. The molecule has 0 aliphatic heterocycles. The first-order valence-corrected chi connectivity index (χ1v) is 7.84. The molecule has 0 aromatic heterocycles. The fourth-order valence-electron chi connectivity index (χ4n) is 3.08. The van der Waals surface area contributed by atoms with Crippen LogP contribution in [0.1, 0.15) is 29.5 Å². The van der Waals surface area contributed by atoms with Crippen LogP contribution in [0.25, 0.3) is 0 Å². The minimum atomic E-state index is 0.920. The van der Waals surface area contributed by atoms with Crippen LogP contribution in [0.3, 0.4) is 0 Å². The predicted molar refractivity (Wildman–Crippen MR) is 88.3 cm³/mol. The minimum absolute atomic E-state index is 0.920. The van der Waals surface area contributed by atoms with Gasteiger partial charge in [0.05, 0.1) is 7.11 Å². The number of nitrogens with one attached hydrogen (secondary N) is 1. The van der Waals surface area contributed by atoms with Crippen LogP contribution in [0.4, 0.5) is 5.69 Å². The lowest BCUT2D eigenvalue weighted by molar-refractivity contribution is 0.414. The first-order valence-electron chi connectivity index (χ1n) is 7.84. The Balaban J connectivity index is 1.60. The highest BCUT2D eigenvalue weighted by atomic mass is 16.5. The largest absolute Gasteiger partial charge is 0.497 e. The zero-order valence-electron chi connectivity index (χ0n) is 12.7. The number of methoxy groups -OCH3 is 1. The first kappa shape index (κ1) is 14.0. The normalized spacial score (nSPS) is 13.6. The summed E-state index contributed by atoms with van der Waals surface area (Å²) >= 11 is 0. The summed E-state index contributed by atoms with van der Waals surface area (Å²) in [5, 5.41) is 3.62. The molecule has 2 heteroatoms. The smallest absolute Gasteiger partial charge is 0.118 e. The van der Waals surface area contributed by atoms with E-state index >= 15 is 0 Å². The summed E-state index contributed by atoms with van der Waals surface area (Å²) in [4.78, 5) is 0. The van der Waals surface area contributed by atoms with E-state index < -0.39 is 0 Å². The average Bonchev–Trinajstić information content (AvgIpc) is 2.56. The molecule has 0 radical (unpaired) electrons. The Labute approximate surface area is 127 Å². The second-order valence-electron chi connectivity index (χ2n) is 5.68. The van der Waals surface area contributed by atoms with Crippen LogP contribution in [0.15, 0.2) is 42.5 Å². The predicted octanol–water partition coefficient (Wildman–Crippen LogP) is 4.23. The molecule has 1 aliphatic carbocycles. The molecule has 1 aliphatic rings. The van der Waals surface area contributed by atoms with Crippen LogP contribution in [-0.2, 0) is 19.3 Å². The number of rotatable bonds is 5. The molecule has 110 valence electrons. The third-order valence-corrected chi connectivity index (χ3v) is 4.28. The molecule has 2 aromatic rings. The molecule has 0 saturated carbocycles. The maximum absolute atomic E-state index is 5.19. The van der Waals surface area contributed by atoms with E-state index in [-0.39, 0.29) is 0 Å². The van der Waals surface area contributed by atoms with Crippen molar-refractivity contribution >= 4 is 5.69 Å². The molecule has 0 unspecified atom stereocenters. The molecule has 0 amide bonds. The standard InChI is InChI=1S/C19H23NO/c1-21-17-11-9-15(10-12-17)13-14-20-19-8-4-6-16-5-2-3-7-18(16)19/h4,6,8-12,20H,2-3,5,7,13-14H2,1H3. The molecule has 2 nitrogen and oxygen atoms in total. The van der Waals surface area contributed by atoms with Crippen molar-refractivity contribution in [3.63, 3.8) is 0 Å². The number of fused-ring (bicyclic) bond motifs is 1. The Morgan fingerprint density at radius 1 is 1.00 bits per heavy atom. The lowest BCUT2D eigenvalue weighted by Crippen LogP contribution is -2.10. The highest BCUT2D eigenvalue weighted by molar-refractivity contribution is 5.55. The van der Waals surface area contributed by atoms with Gasteiger partial charge in [-0.1, -0.05) is 24.3 Å². The SMILES string of the molecule is COc1ccc(CCNc2cccc3c2CCCC3)cc1. The summed E-state index contributed by atoms with van der Waals surface area (Å²) < 4.78 is 5.19. The third kappa shape index (κ3) is 3.38. The summed E-state index contributed by atoms with van der Waals surface area (Å²) in [5.74, 6) is 0.920. The second kappa shape index (κ2) is 6.66. The molecule has 0 saturated heterocycles. The number of hydrogen-bond donors (Lipinski definition) is 1.